The van der Waals surface area contributed by atoms with Gasteiger partial charge in [-0.15, -0.1) is 0 Å². The summed E-state index contributed by atoms with van der Waals surface area (Å²) in [7, 11) is 0. The van der Waals surface area contributed by atoms with Gasteiger partial charge in [0.15, 0.2) is 0 Å². The van der Waals surface area contributed by atoms with Gasteiger partial charge in [0.2, 0.25) is 11.8 Å². The number of carbonyl (C=O) groups excluding carboxylic acids is 2. The lowest BCUT2D eigenvalue weighted by molar-refractivity contribution is -0.127. The van der Waals surface area contributed by atoms with Gasteiger partial charge in [-0.3, -0.25) is 20.4 Å². The van der Waals surface area contributed by atoms with Crippen LogP contribution >= 0.6 is 0 Å². The molecule has 0 rings (SSSR count). The van der Waals surface area contributed by atoms with Crippen molar-refractivity contribution in [2.75, 3.05) is 0 Å². The molecule has 2 N–H and O–H groups in total. The zero-order chi connectivity index (χ0) is 9.28. The lowest BCUT2D eigenvalue weighted by Gasteiger charge is -2.00. The second-order valence-corrected chi connectivity index (χ2v) is 1.58. The van der Waals surface area contributed by atoms with E-state index in [0.29, 0.717) is 6.42 Å². The Labute approximate surface area is 75.6 Å². The molecular weight excluding hydrogens is 155 g/mol. The van der Waals surface area contributed by atoms with Crippen LogP contribution in [0.25, 0.3) is 0 Å². The zero-order valence-electron chi connectivity index (χ0n) is 8.10. The Kier molecular flexibility index (Phi) is 18.1. The summed E-state index contributed by atoms with van der Waals surface area (Å²) < 4.78 is 0. The number of hydrogen-bond donors (Lipinski definition) is 2. The molecule has 0 bridgehead atoms. The fourth-order valence-electron chi connectivity index (χ4n) is 0.246. The number of nitrogens with one attached hydrogen (secondary N) is 2. The highest BCUT2D eigenvalue weighted by atomic mass is 16.2. The van der Waals surface area contributed by atoms with E-state index in [1.165, 1.54) is 6.92 Å². The van der Waals surface area contributed by atoms with E-state index in [0.717, 1.165) is 0 Å². The first-order chi connectivity index (χ1) is 5.16. The van der Waals surface area contributed by atoms with E-state index in [2.05, 4.69) is 10.9 Å². The third kappa shape index (κ3) is 16.0. The molecule has 69 valence electrons. The first-order valence-corrected chi connectivity index (χ1v) is 3.72. The molecule has 12 heavy (non-hydrogen) atoms. The smallest absolute Gasteiger partial charge is 0.238 e. The Morgan fingerprint density at radius 2 is 1.58 bits per heavy atom. The monoisotopic (exact) mass is 171 g/mol. The summed E-state index contributed by atoms with van der Waals surface area (Å²) in [6.07, 6.45) is 0.375. The predicted octanol–water partition coefficient (Wildman–Crippen LogP) is 0.209. The van der Waals surface area contributed by atoms with E-state index in [1.807, 2.05) is 13.8 Å². The zero-order valence-corrected chi connectivity index (χ0v) is 8.10. The fourth-order valence-corrected chi connectivity index (χ4v) is 0.246. The normalized spacial score (nSPS) is 6.67. The molecule has 0 aromatic carbocycles. The second kappa shape index (κ2) is 12.7. The maximum Gasteiger partial charge on any atom is 0.238 e. The van der Waals surface area contributed by atoms with E-state index in [4.69, 9.17) is 0 Å². The number of carbonyl (C=O) groups is 2. The van der Waals surface area contributed by atoms with Gasteiger partial charge >= 0.3 is 0 Å². The number of hydrogen-bond acceptors (Lipinski definition) is 2. The summed E-state index contributed by atoms with van der Waals surface area (Å²) in [5, 5.41) is 0. The molecule has 0 aromatic heterocycles. The quantitative estimate of drug-likeness (QED) is 0.437. The fraction of sp³-hybridized carbons (Fsp3) is 0.714. The van der Waals surface area contributed by atoms with Gasteiger partial charge in [0.1, 0.15) is 0 Å². The van der Waals surface area contributed by atoms with Crippen LogP contribution in [0.15, 0.2) is 0 Å². The van der Waals surface area contributed by atoms with Crippen LogP contribution in [0.4, 0.5) is 0 Å². The Balaban J connectivity index is -0.000000249. The molecular formula is C7H16BN2O2. The molecule has 0 saturated carbocycles. The molecule has 0 aromatic rings. The highest BCUT2D eigenvalue weighted by Gasteiger charge is 1.94. The van der Waals surface area contributed by atoms with E-state index in [1.54, 1.807) is 6.92 Å². The van der Waals surface area contributed by atoms with Gasteiger partial charge < -0.3 is 0 Å². The Morgan fingerprint density at radius 3 is 1.83 bits per heavy atom. The molecule has 0 atom stereocenters. The minimum atomic E-state index is -0.267. The second-order valence-electron chi connectivity index (χ2n) is 1.58. The van der Waals surface area contributed by atoms with Crippen molar-refractivity contribution in [3.63, 3.8) is 0 Å². The van der Waals surface area contributed by atoms with Gasteiger partial charge in [-0.05, 0) is 0 Å². The first kappa shape index (κ1) is 17.2. The maximum absolute atomic E-state index is 10.4. The number of hydrazine groups is 1. The summed E-state index contributed by atoms with van der Waals surface area (Å²) in [5.74, 6) is -0.456. The van der Waals surface area contributed by atoms with E-state index < -0.39 is 0 Å². The van der Waals surface area contributed by atoms with Crippen molar-refractivity contribution in [3.8, 4) is 0 Å². The average molecular weight is 171 g/mol. The summed E-state index contributed by atoms with van der Waals surface area (Å²) in [6.45, 7) is 7.03. The van der Waals surface area contributed by atoms with Gasteiger partial charge in [-0.2, -0.15) is 0 Å². The molecule has 0 heterocycles. The lowest BCUT2D eigenvalue weighted by Crippen LogP contribution is -2.39. The standard InChI is InChI=1S/C5H10N2O2.C2H6.B/c1-3-5(9)7-6-4(2)8;1-2;/h3H2,1-2H3,(H,6,8)(H,7,9);1-2H3;. The largest absolute Gasteiger partial charge is 0.274 e. The van der Waals surface area contributed by atoms with Crippen molar-refractivity contribution in [1.29, 1.82) is 0 Å². The SMILES string of the molecule is CC.CCC(=O)NNC(C)=O.[B]. The molecule has 0 fully saturated rings. The van der Waals surface area contributed by atoms with Crippen molar-refractivity contribution in [3.05, 3.63) is 0 Å². The minimum absolute atomic E-state index is 0. The van der Waals surface area contributed by atoms with E-state index >= 15 is 0 Å². The van der Waals surface area contributed by atoms with Gasteiger partial charge in [0.25, 0.3) is 0 Å². The topological polar surface area (TPSA) is 58.2 Å². The molecule has 2 amide bonds. The molecule has 4 nitrogen and oxygen atoms in total. The van der Waals surface area contributed by atoms with Crippen LogP contribution < -0.4 is 10.9 Å². The summed E-state index contributed by atoms with van der Waals surface area (Å²) in [5.41, 5.74) is 4.35. The summed E-state index contributed by atoms with van der Waals surface area (Å²) in [6, 6.07) is 0. The van der Waals surface area contributed by atoms with Crippen LogP contribution in [0, 0.1) is 0 Å². The van der Waals surface area contributed by atoms with Gasteiger partial charge in [0, 0.05) is 21.8 Å². The molecule has 0 saturated heterocycles. The first-order valence-electron chi connectivity index (χ1n) is 3.72. The highest BCUT2D eigenvalue weighted by molar-refractivity contribution is 5.80. The Hall–Kier alpha value is -0.995. The van der Waals surface area contributed by atoms with Gasteiger partial charge in [0.05, 0.1) is 0 Å². The van der Waals surface area contributed by atoms with E-state index in [9.17, 15) is 9.59 Å². The Bertz CT molecular complexity index is 129. The molecule has 0 aliphatic heterocycles. The van der Waals surface area contributed by atoms with Crippen LogP contribution in [0.5, 0.6) is 0 Å². The molecule has 0 aliphatic rings. The third-order valence-electron chi connectivity index (χ3n) is 0.699. The summed E-state index contributed by atoms with van der Waals surface area (Å²) >= 11 is 0. The van der Waals surface area contributed by atoms with Crippen molar-refractivity contribution in [2.24, 2.45) is 0 Å². The van der Waals surface area contributed by atoms with E-state index in [-0.39, 0.29) is 20.2 Å². The minimum Gasteiger partial charge on any atom is -0.274 e. The van der Waals surface area contributed by atoms with Crippen molar-refractivity contribution in [2.45, 2.75) is 34.1 Å². The number of amides is 2. The molecule has 0 aliphatic carbocycles. The predicted molar refractivity (Wildman–Crippen MR) is 49.4 cm³/mol. The van der Waals surface area contributed by atoms with Crippen LogP contribution in [0.2, 0.25) is 0 Å². The number of rotatable bonds is 1. The third-order valence-corrected chi connectivity index (χ3v) is 0.699. The lowest BCUT2D eigenvalue weighted by atomic mass is 10.5. The van der Waals surface area contributed by atoms with Gasteiger partial charge in [-0.1, -0.05) is 20.8 Å². The average Bonchev–Trinajstić information content (AvgIpc) is 2.04. The van der Waals surface area contributed by atoms with Crippen LogP contribution in [0.3, 0.4) is 0 Å². The van der Waals surface area contributed by atoms with Crippen LogP contribution in [-0.2, 0) is 9.59 Å². The Morgan fingerprint density at radius 1 is 1.17 bits per heavy atom. The molecule has 3 radical (unpaired) electrons. The highest BCUT2D eigenvalue weighted by Crippen LogP contribution is 1.69. The van der Waals surface area contributed by atoms with Crippen molar-refractivity contribution < 1.29 is 9.59 Å². The van der Waals surface area contributed by atoms with Crippen molar-refractivity contribution in [1.82, 2.24) is 10.9 Å². The van der Waals surface area contributed by atoms with Crippen LogP contribution in [0.1, 0.15) is 34.1 Å². The summed E-state index contributed by atoms with van der Waals surface area (Å²) in [4.78, 5) is 20.5. The molecule has 5 heteroatoms. The van der Waals surface area contributed by atoms with Gasteiger partial charge in [-0.25, -0.2) is 0 Å². The molecule has 0 spiro atoms. The van der Waals surface area contributed by atoms with Crippen LogP contribution in [-0.4, -0.2) is 20.2 Å². The molecule has 0 unspecified atom stereocenters. The van der Waals surface area contributed by atoms with Crippen molar-refractivity contribution >= 4 is 20.2 Å². The maximum atomic E-state index is 10.4.